The van der Waals surface area contributed by atoms with Gasteiger partial charge in [0.25, 0.3) is 0 Å². The van der Waals surface area contributed by atoms with Gasteiger partial charge in [-0.05, 0) is 35.1 Å². The number of hydrogen-bond acceptors (Lipinski definition) is 2. The lowest BCUT2D eigenvalue weighted by molar-refractivity contribution is 0.0872. The standard InChI is InChI=1S/C21H18O2/c1-14(22)12-21(13-16-7-3-5-9-18(16)20(21)23)19-11-10-15-6-2-4-8-17(15)19/h2-9,11,22H,1,10,12-13H2. The van der Waals surface area contributed by atoms with Crippen molar-refractivity contribution in [2.45, 2.75) is 19.3 Å². The number of aliphatic hydroxyl groups excluding tert-OH is 1. The van der Waals surface area contributed by atoms with Crippen LogP contribution in [-0.4, -0.2) is 10.9 Å². The van der Waals surface area contributed by atoms with E-state index in [4.69, 9.17) is 0 Å². The van der Waals surface area contributed by atoms with E-state index >= 15 is 0 Å². The number of fused-ring (bicyclic) bond motifs is 2. The van der Waals surface area contributed by atoms with Crippen molar-refractivity contribution < 1.29 is 9.90 Å². The Balaban J connectivity index is 1.88. The molecule has 0 spiro atoms. The Hall–Kier alpha value is -2.61. The zero-order chi connectivity index (χ0) is 16.0. The van der Waals surface area contributed by atoms with Gasteiger partial charge in [0.15, 0.2) is 5.78 Å². The van der Waals surface area contributed by atoms with E-state index in [1.165, 1.54) is 5.56 Å². The van der Waals surface area contributed by atoms with Crippen LogP contribution in [0.15, 0.2) is 66.9 Å². The van der Waals surface area contributed by atoms with Crippen molar-refractivity contribution in [1.82, 2.24) is 0 Å². The Morgan fingerprint density at radius 2 is 1.70 bits per heavy atom. The first-order valence-corrected chi connectivity index (χ1v) is 7.90. The largest absolute Gasteiger partial charge is 0.513 e. The number of Topliss-reactive ketones (excluding diaryl/α,β-unsaturated/α-hetero) is 1. The Morgan fingerprint density at radius 1 is 1.04 bits per heavy atom. The fourth-order valence-corrected chi connectivity index (χ4v) is 4.10. The van der Waals surface area contributed by atoms with Gasteiger partial charge in [-0.2, -0.15) is 0 Å². The van der Waals surface area contributed by atoms with Gasteiger partial charge in [0.2, 0.25) is 0 Å². The van der Waals surface area contributed by atoms with E-state index in [2.05, 4.69) is 24.8 Å². The molecule has 1 unspecified atom stereocenters. The van der Waals surface area contributed by atoms with Gasteiger partial charge in [-0.1, -0.05) is 61.2 Å². The highest BCUT2D eigenvalue weighted by atomic mass is 16.3. The SMILES string of the molecule is C=C(O)CC1(C2=CCc3ccccc32)Cc2ccccc2C1=O. The fourth-order valence-electron chi connectivity index (χ4n) is 4.10. The van der Waals surface area contributed by atoms with Crippen LogP contribution >= 0.6 is 0 Å². The first-order chi connectivity index (χ1) is 11.1. The summed E-state index contributed by atoms with van der Waals surface area (Å²) in [5, 5.41) is 9.91. The molecule has 0 saturated carbocycles. The number of rotatable bonds is 3. The molecule has 2 nitrogen and oxygen atoms in total. The number of hydrogen-bond donors (Lipinski definition) is 1. The van der Waals surface area contributed by atoms with E-state index in [9.17, 15) is 9.90 Å². The Labute approximate surface area is 135 Å². The predicted octanol–water partition coefficient (Wildman–Crippen LogP) is 4.51. The van der Waals surface area contributed by atoms with Crippen molar-refractivity contribution >= 4 is 11.4 Å². The van der Waals surface area contributed by atoms with Gasteiger partial charge in [0.1, 0.15) is 0 Å². The highest BCUT2D eigenvalue weighted by Crippen LogP contribution is 2.52. The van der Waals surface area contributed by atoms with Crippen molar-refractivity contribution in [3.63, 3.8) is 0 Å². The molecule has 0 aromatic heterocycles. The average Bonchev–Trinajstić information content (AvgIpc) is 3.08. The molecule has 2 aromatic rings. The summed E-state index contributed by atoms with van der Waals surface area (Å²) < 4.78 is 0. The van der Waals surface area contributed by atoms with Crippen LogP contribution in [0.5, 0.6) is 0 Å². The maximum Gasteiger partial charge on any atom is 0.174 e. The molecule has 2 heteroatoms. The fraction of sp³-hybridized carbons (Fsp3) is 0.190. The zero-order valence-corrected chi connectivity index (χ0v) is 12.9. The van der Waals surface area contributed by atoms with Gasteiger partial charge in [0, 0.05) is 12.0 Å². The second-order valence-electron chi connectivity index (χ2n) is 6.47. The van der Waals surface area contributed by atoms with Crippen LogP contribution in [0.3, 0.4) is 0 Å². The minimum atomic E-state index is -0.720. The average molecular weight is 302 g/mol. The molecule has 2 aliphatic carbocycles. The molecule has 1 N–H and O–H groups in total. The summed E-state index contributed by atoms with van der Waals surface area (Å²) in [5.74, 6) is 0.169. The van der Waals surface area contributed by atoms with E-state index in [0.717, 1.165) is 28.7 Å². The number of carbonyl (C=O) groups excluding carboxylic acids is 1. The highest BCUT2D eigenvalue weighted by Gasteiger charge is 2.49. The van der Waals surface area contributed by atoms with Gasteiger partial charge in [-0.25, -0.2) is 0 Å². The Bertz CT molecular complexity index is 860. The third kappa shape index (κ3) is 1.98. The number of ketones is 1. The monoisotopic (exact) mass is 302 g/mol. The maximum atomic E-state index is 13.3. The summed E-state index contributed by atoms with van der Waals surface area (Å²) in [4.78, 5) is 13.3. The summed E-state index contributed by atoms with van der Waals surface area (Å²) in [7, 11) is 0. The molecule has 4 rings (SSSR count). The first-order valence-electron chi connectivity index (χ1n) is 7.90. The summed E-state index contributed by atoms with van der Waals surface area (Å²) in [6.45, 7) is 3.66. The first kappa shape index (κ1) is 14.0. The molecule has 0 radical (unpaired) electrons. The highest BCUT2D eigenvalue weighted by molar-refractivity contribution is 6.12. The van der Waals surface area contributed by atoms with Crippen LogP contribution < -0.4 is 0 Å². The lowest BCUT2D eigenvalue weighted by Gasteiger charge is -2.29. The van der Waals surface area contributed by atoms with E-state index in [1.807, 2.05) is 36.4 Å². The van der Waals surface area contributed by atoms with Crippen LogP contribution in [0.25, 0.3) is 5.57 Å². The molecule has 0 fully saturated rings. The van der Waals surface area contributed by atoms with Crippen LogP contribution in [0.1, 0.15) is 33.5 Å². The number of carbonyl (C=O) groups is 1. The van der Waals surface area contributed by atoms with Crippen LogP contribution in [0.2, 0.25) is 0 Å². The van der Waals surface area contributed by atoms with Gasteiger partial charge in [-0.15, -0.1) is 0 Å². The molecule has 0 bridgehead atoms. The molecule has 0 heterocycles. The topological polar surface area (TPSA) is 37.3 Å². The molecule has 0 amide bonds. The lowest BCUT2D eigenvalue weighted by Crippen LogP contribution is -2.30. The van der Waals surface area contributed by atoms with Crippen molar-refractivity contribution in [1.29, 1.82) is 0 Å². The normalized spacial score (nSPS) is 21.7. The van der Waals surface area contributed by atoms with Gasteiger partial charge >= 0.3 is 0 Å². The maximum absolute atomic E-state index is 13.3. The lowest BCUT2D eigenvalue weighted by atomic mass is 9.71. The molecule has 114 valence electrons. The molecule has 2 aromatic carbocycles. The molecular formula is C21H18O2. The van der Waals surface area contributed by atoms with Crippen LogP contribution in [0.4, 0.5) is 0 Å². The molecule has 1 atom stereocenters. The van der Waals surface area contributed by atoms with Crippen molar-refractivity contribution in [3.05, 3.63) is 89.2 Å². The summed E-state index contributed by atoms with van der Waals surface area (Å²) in [6.07, 6.45) is 3.90. The number of aliphatic hydroxyl groups is 1. The second-order valence-corrected chi connectivity index (χ2v) is 6.47. The smallest absolute Gasteiger partial charge is 0.174 e. The third-order valence-electron chi connectivity index (χ3n) is 5.04. The van der Waals surface area contributed by atoms with Gasteiger partial charge < -0.3 is 5.11 Å². The molecule has 2 aliphatic rings. The zero-order valence-electron chi connectivity index (χ0n) is 12.9. The molecular weight excluding hydrogens is 284 g/mol. The quantitative estimate of drug-likeness (QED) is 0.847. The predicted molar refractivity (Wildman–Crippen MR) is 91.4 cm³/mol. The van der Waals surface area contributed by atoms with E-state index in [0.29, 0.717) is 6.42 Å². The Morgan fingerprint density at radius 3 is 2.39 bits per heavy atom. The third-order valence-corrected chi connectivity index (χ3v) is 5.04. The van der Waals surface area contributed by atoms with Crippen LogP contribution in [-0.2, 0) is 12.8 Å². The number of allylic oxidation sites excluding steroid dienone is 3. The van der Waals surface area contributed by atoms with E-state index < -0.39 is 5.41 Å². The molecule has 0 saturated heterocycles. The van der Waals surface area contributed by atoms with Crippen molar-refractivity contribution in [2.75, 3.05) is 0 Å². The summed E-state index contributed by atoms with van der Waals surface area (Å²) >= 11 is 0. The van der Waals surface area contributed by atoms with Crippen molar-refractivity contribution in [2.24, 2.45) is 5.41 Å². The van der Waals surface area contributed by atoms with Crippen molar-refractivity contribution in [3.8, 4) is 0 Å². The summed E-state index contributed by atoms with van der Waals surface area (Å²) in [6, 6.07) is 16.0. The minimum Gasteiger partial charge on any atom is -0.513 e. The molecule has 23 heavy (non-hydrogen) atoms. The second kappa shape index (κ2) is 4.95. The van der Waals surface area contributed by atoms with Crippen LogP contribution in [0, 0.1) is 5.41 Å². The number of benzene rings is 2. The van der Waals surface area contributed by atoms with Gasteiger partial charge in [-0.3, -0.25) is 4.79 Å². The Kier molecular flexibility index (Phi) is 3.02. The minimum absolute atomic E-state index is 0.0661. The van der Waals surface area contributed by atoms with E-state index in [-0.39, 0.29) is 18.0 Å². The summed E-state index contributed by atoms with van der Waals surface area (Å²) in [5.41, 5.74) is 4.54. The van der Waals surface area contributed by atoms with Gasteiger partial charge in [0.05, 0.1) is 11.2 Å². The molecule has 0 aliphatic heterocycles. The van der Waals surface area contributed by atoms with E-state index in [1.54, 1.807) is 0 Å².